The first-order valence-electron chi connectivity index (χ1n) is 5.63. The minimum Gasteiger partial charge on any atom is -0.379 e. The highest BCUT2D eigenvalue weighted by molar-refractivity contribution is 5.79. The molecule has 0 spiro atoms. The van der Waals surface area contributed by atoms with Gasteiger partial charge in [0.05, 0.1) is 11.4 Å². The summed E-state index contributed by atoms with van der Waals surface area (Å²) in [6.45, 7) is 2.78. The maximum Gasteiger partial charge on any atom is 0.125 e. The Balaban J connectivity index is 2.12. The molecule has 2 aromatic carbocycles. The Morgan fingerprint density at radius 3 is 2.88 bits per heavy atom. The highest BCUT2D eigenvalue weighted by Gasteiger charge is 2.13. The normalized spacial score (nSPS) is 12.8. The van der Waals surface area contributed by atoms with Crippen LogP contribution >= 0.6 is 0 Å². The van der Waals surface area contributed by atoms with Gasteiger partial charge in [-0.15, -0.1) is 0 Å². The molecule has 3 rings (SSSR count). The van der Waals surface area contributed by atoms with Crippen LogP contribution in [-0.4, -0.2) is 0 Å². The van der Waals surface area contributed by atoms with Gasteiger partial charge in [-0.3, -0.25) is 0 Å². The van der Waals surface area contributed by atoms with Crippen LogP contribution in [0.2, 0.25) is 0 Å². The summed E-state index contributed by atoms with van der Waals surface area (Å²) in [4.78, 5) is 0. The summed E-state index contributed by atoms with van der Waals surface area (Å²) in [6.07, 6.45) is 0. The molecule has 3 heteroatoms. The van der Waals surface area contributed by atoms with E-state index in [0.29, 0.717) is 6.54 Å². The second-order valence-electron chi connectivity index (χ2n) is 4.28. The van der Waals surface area contributed by atoms with E-state index in [4.69, 9.17) is 0 Å². The Morgan fingerprint density at radius 2 is 2.00 bits per heavy atom. The van der Waals surface area contributed by atoms with Gasteiger partial charge in [-0.2, -0.15) is 0 Å². The van der Waals surface area contributed by atoms with Crippen molar-refractivity contribution in [3.63, 3.8) is 0 Å². The molecule has 0 aliphatic carbocycles. The third-order valence-corrected chi connectivity index (χ3v) is 3.07. The largest absolute Gasteiger partial charge is 0.379 e. The van der Waals surface area contributed by atoms with E-state index in [0.717, 1.165) is 17.1 Å². The average molecular weight is 228 g/mol. The zero-order chi connectivity index (χ0) is 11.8. The van der Waals surface area contributed by atoms with Crippen molar-refractivity contribution in [3.05, 3.63) is 53.3 Å². The van der Waals surface area contributed by atoms with E-state index in [9.17, 15) is 4.39 Å². The lowest BCUT2D eigenvalue weighted by molar-refractivity contribution is 0.628. The SMILES string of the molecule is Cc1cccc2c1Nc1ccc(F)cc1NC2. The number of halogens is 1. The fourth-order valence-corrected chi connectivity index (χ4v) is 2.15. The molecule has 0 saturated heterocycles. The summed E-state index contributed by atoms with van der Waals surface area (Å²) in [5.41, 5.74) is 5.23. The van der Waals surface area contributed by atoms with Crippen LogP contribution in [0, 0.1) is 12.7 Å². The van der Waals surface area contributed by atoms with Gasteiger partial charge in [0.25, 0.3) is 0 Å². The smallest absolute Gasteiger partial charge is 0.125 e. The van der Waals surface area contributed by atoms with E-state index in [-0.39, 0.29) is 5.82 Å². The van der Waals surface area contributed by atoms with Crippen molar-refractivity contribution in [2.45, 2.75) is 13.5 Å². The molecule has 0 saturated carbocycles. The van der Waals surface area contributed by atoms with Crippen molar-refractivity contribution in [2.75, 3.05) is 10.6 Å². The quantitative estimate of drug-likeness (QED) is 0.716. The maximum absolute atomic E-state index is 13.2. The van der Waals surface area contributed by atoms with Gasteiger partial charge in [0.15, 0.2) is 0 Å². The zero-order valence-corrected chi connectivity index (χ0v) is 9.55. The average Bonchev–Trinajstić information content (AvgIpc) is 2.49. The molecule has 0 fully saturated rings. The zero-order valence-electron chi connectivity index (χ0n) is 9.55. The minimum atomic E-state index is -0.222. The number of rotatable bonds is 0. The number of fused-ring (bicyclic) bond motifs is 2. The number of hydrogen-bond acceptors (Lipinski definition) is 2. The molecule has 0 radical (unpaired) electrons. The molecular weight excluding hydrogens is 215 g/mol. The van der Waals surface area contributed by atoms with Crippen LogP contribution in [0.1, 0.15) is 11.1 Å². The van der Waals surface area contributed by atoms with Crippen molar-refractivity contribution < 1.29 is 4.39 Å². The number of anilines is 3. The van der Waals surface area contributed by atoms with E-state index in [1.54, 1.807) is 6.07 Å². The van der Waals surface area contributed by atoms with E-state index < -0.39 is 0 Å². The van der Waals surface area contributed by atoms with Gasteiger partial charge in [0, 0.05) is 12.2 Å². The number of aryl methyl sites for hydroxylation is 1. The van der Waals surface area contributed by atoms with Crippen LogP contribution in [-0.2, 0) is 6.54 Å². The maximum atomic E-state index is 13.2. The second-order valence-corrected chi connectivity index (χ2v) is 4.28. The molecule has 1 heterocycles. The van der Waals surface area contributed by atoms with Crippen molar-refractivity contribution >= 4 is 17.1 Å². The summed E-state index contributed by atoms with van der Waals surface area (Å²) in [6, 6.07) is 10.9. The summed E-state index contributed by atoms with van der Waals surface area (Å²) in [5.74, 6) is -0.222. The van der Waals surface area contributed by atoms with Crippen LogP contribution in [0.5, 0.6) is 0 Å². The summed E-state index contributed by atoms with van der Waals surface area (Å²) in [5, 5.41) is 6.62. The molecule has 2 nitrogen and oxygen atoms in total. The van der Waals surface area contributed by atoms with Crippen molar-refractivity contribution in [1.82, 2.24) is 0 Å². The fraction of sp³-hybridized carbons (Fsp3) is 0.143. The summed E-state index contributed by atoms with van der Waals surface area (Å²) >= 11 is 0. The molecule has 0 bridgehead atoms. The molecule has 0 unspecified atom stereocenters. The number of nitrogens with one attached hydrogen (secondary N) is 2. The second kappa shape index (κ2) is 3.77. The predicted octanol–water partition coefficient (Wildman–Crippen LogP) is 3.80. The van der Waals surface area contributed by atoms with Crippen molar-refractivity contribution in [3.8, 4) is 0 Å². The molecule has 0 atom stereocenters. The van der Waals surface area contributed by atoms with E-state index >= 15 is 0 Å². The Labute approximate surface area is 99.5 Å². The van der Waals surface area contributed by atoms with E-state index in [1.807, 2.05) is 6.07 Å². The van der Waals surface area contributed by atoms with Crippen molar-refractivity contribution in [1.29, 1.82) is 0 Å². The summed E-state index contributed by atoms with van der Waals surface area (Å²) in [7, 11) is 0. The molecule has 0 aromatic heterocycles. The molecule has 1 aliphatic heterocycles. The van der Waals surface area contributed by atoms with Crippen LogP contribution in [0.4, 0.5) is 21.5 Å². The van der Waals surface area contributed by atoms with Crippen LogP contribution in [0.3, 0.4) is 0 Å². The van der Waals surface area contributed by atoms with Crippen molar-refractivity contribution in [2.24, 2.45) is 0 Å². The van der Waals surface area contributed by atoms with Crippen LogP contribution in [0.25, 0.3) is 0 Å². The van der Waals surface area contributed by atoms with E-state index in [1.165, 1.54) is 23.3 Å². The molecular formula is C14H13FN2. The highest BCUT2D eigenvalue weighted by Crippen LogP contribution is 2.33. The monoisotopic (exact) mass is 228 g/mol. The van der Waals surface area contributed by atoms with Crippen LogP contribution < -0.4 is 10.6 Å². The molecule has 86 valence electrons. The van der Waals surface area contributed by atoms with Gasteiger partial charge < -0.3 is 10.6 Å². The number of benzene rings is 2. The van der Waals surface area contributed by atoms with Gasteiger partial charge in [-0.05, 0) is 36.2 Å². The molecule has 2 N–H and O–H groups in total. The predicted molar refractivity (Wildman–Crippen MR) is 68.2 cm³/mol. The van der Waals surface area contributed by atoms with Gasteiger partial charge in [-0.1, -0.05) is 18.2 Å². The fourth-order valence-electron chi connectivity index (χ4n) is 2.15. The first-order chi connectivity index (χ1) is 8.24. The van der Waals surface area contributed by atoms with Gasteiger partial charge >= 0.3 is 0 Å². The number of para-hydroxylation sites is 1. The third kappa shape index (κ3) is 1.73. The Hall–Kier alpha value is -2.03. The molecule has 1 aliphatic rings. The Morgan fingerprint density at radius 1 is 1.12 bits per heavy atom. The molecule has 17 heavy (non-hydrogen) atoms. The first kappa shape index (κ1) is 10.1. The molecule has 0 amide bonds. The first-order valence-corrected chi connectivity index (χ1v) is 5.63. The summed E-state index contributed by atoms with van der Waals surface area (Å²) < 4.78 is 13.2. The highest BCUT2D eigenvalue weighted by atomic mass is 19.1. The molecule has 2 aromatic rings. The standard InChI is InChI=1S/C14H13FN2/c1-9-3-2-4-10-8-16-13-7-11(15)5-6-12(13)17-14(9)10/h2-7,16-17H,8H2,1H3. The van der Waals surface area contributed by atoms with Gasteiger partial charge in [0.2, 0.25) is 0 Å². The van der Waals surface area contributed by atoms with Gasteiger partial charge in [0.1, 0.15) is 5.82 Å². The van der Waals surface area contributed by atoms with Crippen LogP contribution in [0.15, 0.2) is 36.4 Å². The number of hydrogen-bond donors (Lipinski definition) is 2. The lowest BCUT2D eigenvalue weighted by atomic mass is 10.1. The van der Waals surface area contributed by atoms with E-state index in [2.05, 4.69) is 29.7 Å². The Kier molecular flexibility index (Phi) is 2.25. The third-order valence-electron chi connectivity index (χ3n) is 3.07. The Bertz CT molecular complexity index is 578. The lowest BCUT2D eigenvalue weighted by Gasteiger charge is -2.11. The lowest BCUT2D eigenvalue weighted by Crippen LogP contribution is -1.98. The minimum absolute atomic E-state index is 0.222. The topological polar surface area (TPSA) is 24.1 Å². The van der Waals surface area contributed by atoms with Gasteiger partial charge in [-0.25, -0.2) is 4.39 Å².